The molecule has 0 spiro atoms. The Labute approximate surface area is 439 Å². The van der Waals surface area contributed by atoms with Crippen LogP contribution < -0.4 is 5.73 Å². The fraction of sp³-hybridized carbons (Fsp3) is 0.739. The molecule has 3 heterocycles. The van der Waals surface area contributed by atoms with Gasteiger partial charge < -0.3 is 91.0 Å². The number of esters is 12. The summed E-state index contributed by atoms with van der Waals surface area (Å²) in [7, 11) is 0. The number of hydrogen-bond acceptors (Lipinski definition) is 31. The van der Waals surface area contributed by atoms with Crippen molar-refractivity contribution < 1.29 is 143 Å². The Hall–Kier alpha value is -6.64. The van der Waals surface area contributed by atoms with Gasteiger partial charge in [0.1, 0.15) is 38.1 Å². The number of carbonyl (C=O) groups is 12. The normalized spacial score (nSPS) is 28.9. The molecule has 2 N–H and O–H groups in total. The van der Waals surface area contributed by atoms with Crippen molar-refractivity contribution in [2.45, 2.75) is 181 Å². The molecule has 3 aliphatic rings. The first-order valence-corrected chi connectivity index (χ1v) is 23.4. The van der Waals surface area contributed by atoms with Crippen molar-refractivity contribution in [1.29, 1.82) is 0 Å². The van der Waals surface area contributed by atoms with Crippen LogP contribution in [-0.2, 0) is 143 Å². The summed E-state index contributed by atoms with van der Waals surface area (Å²) in [5.74, 6) is -11.3. The molecule has 77 heavy (non-hydrogen) atoms. The molecule has 0 radical (unpaired) electrons. The molecule has 3 fully saturated rings. The standard InChI is InChI=1S/C46H65NO30/c1-19(48)60-13-31-34(66-22(4)51)37(69-25(7)54)40(72-28(10)57)43(75-31)63-16-46(47,17-64-44-41(73-29(11)58)38(70-26(8)55)35(67-23(5)52)32(76-44)14-61-20(2)49)18-65-45-42(74-30(12)59)39(71-27(9)56)36(68-24(6)53)33(77-45)15-62-21(3)50/h31-45H,13-18,47H2,1-12H3/t31-,32-,33-,34-,35-,36-,37+,38+,39+,40+,41+,42+,43+,44+,45+/m1/s1. The van der Waals surface area contributed by atoms with Crippen molar-refractivity contribution in [1.82, 2.24) is 0 Å². The summed E-state index contributed by atoms with van der Waals surface area (Å²) in [6.07, 6.45) is -25.9. The Morgan fingerprint density at radius 1 is 0.299 bits per heavy atom. The maximum atomic E-state index is 12.7. The first-order chi connectivity index (χ1) is 35.9. The number of rotatable bonds is 24. The zero-order valence-electron chi connectivity index (χ0n) is 44.2. The zero-order valence-corrected chi connectivity index (χ0v) is 44.2. The summed E-state index contributed by atoms with van der Waals surface area (Å²) in [4.78, 5) is 149. The molecule has 0 amide bonds. The van der Waals surface area contributed by atoms with Gasteiger partial charge in [-0.05, 0) is 0 Å². The fourth-order valence-electron chi connectivity index (χ4n) is 7.84. The van der Waals surface area contributed by atoms with E-state index in [1.165, 1.54) is 0 Å². The summed E-state index contributed by atoms with van der Waals surface area (Å²) >= 11 is 0. The minimum absolute atomic E-state index is 0.677. The van der Waals surface area contributed by atoms with Gasteiger partial charge in [0.05, 0.1) is 25.4 Å². The van der Waals surface area contributed by atoms with Gasteiger partial charge in [-0.1, -0.05) is 0 Å². The first kappa shape index (κ1) is 64.6. The van der Waals surface area contributed by atoms with Crippen molar-refractivity contribution >= 4 is 71.6 Å². The van der Waals surface area contributed by atoms with Crippen LogP contribution in [0.4, 0.5) is 0 Å². The van der Waals surface area contributed by atoms with E-state index in [1.807, 2.05) is 0 Å². The van der Waals surface area contributed by atoms with Gasteiger partial charge in [-0.2, -0.15) is 0 Å². The van der Waals surface area contributed by atoms with Gasteiger partial charge in [0.2, 0.25) is 0 Å². The van der Waals surface area contributed by atoms with Crippen LogP contribution in [0.1, 0.15) is 83.1 Å². The van der Waals surface area contributed by atoms with Crippen molar-refractivity contribution in [2.75, 3.05) is 39.6 Å². The lowest BCUT2D eigenvalue weighted by atomic mass is 9.97. The molecular weight excluding hydrogens is 1050 g/mol. The maximum Gasteiger partial charge on any atom is 0.303 e. The SMILES string of the molecule is CC(=O)OC[C@H]1O[C@H](OCC(N)(CO[C@H]2O[C@H](COC(C)=O)[C@@H](OC(C)=O)[C@H](OC(C)=O)[C@@H]2OC(C)=O)CO[C@H]2O[C@H](COC(C)=O)[C@@H](OC(C)=O)[C@H](OC(C)=O)[C@@H]2OC(C)=O)[C@@H](OC(C)=O)[C@@H](OC(C)=O)[C@@H]1OC(C)=O. The lowest BCUT2D eigenvalue weighted by Gasteiger charge is -2.46. The van der Waals surface area contributed by atoms with E-state index < -0.39 is 209 Å². The van der Waals surface area contributed by atoms with E-state index in [-0.39, 0.29) is 0 Å². The van der Waals surface area contributed by atoms with E-state index in [9.17, 15) is 57.5 Å². The molecule has 3 rings (SSSR count). The molecular formula is C46H65NO30. The number of carbonyl (C=O) groups excluding carboxylic acids is 12. The van der Waals surface area contributed by atoms with Crippen molar-refractivity contribution in [2.24, 2.45) is 5.73 Å². The first-order valence-electron chi connectivity index (χ1n) is 23.4. The molecule has 434 valence electrons. The van der Waals surface area contributed by atoms with Crippen LogP contribution in [0.15, 0.2) is 0 Å². The molecule has 0 aromatic rings. The summed E-state index contributed by atoms with van der Waals surface area (Å²) in [5, 5.41) is 0. The highest BCUT2D eigenvalue weighted by atomic mass is 16.8. The van der Waals surface area contributed by atoms with Gasteiger partial charge in [0, 0.05) is 83.1 Å². The minimum atomic E-state index is -2.25. The van der Waals surface area contributed by atoms with Gasteiger partial charge in [-0.3, -0.25) is 57.5 Å². The largest absolute Gasteiger partial charge is 0.463 e. The molecule has 0 aromatic carbocycles. The van der Waals surface area contributed by atoms with E-state index in [0.29, 0.717) is 0 Å². The zero-order chi connectivity index (χ0) is 58.1. The molecule has 15 atom stereocenters. The smallest absolute Gasteiger partial charge is 0.303 e. The average Bonchev–Trinajstić information content (AvgIpc) is 3.28. The monoisotopic (exact) mass is 1110 g/mol. The minimum Gasteiger partial charge on any atom is -0.463 e. The molecule has 3 saturated heterocycles. The predicted molar refractivity (Wildman–Crippen MR) is 241 cm³/mol. The Balaban J connectivity index is 2.28. The second-order valence-electron chi connectivity index (χ2n) is 17.5. The average molecular weight is 1110 g/mol. The second kappa shape index (κ2) is 29.8. The third-order valence-electron chi connectivity index (χ3n) is 10.4. The van der Waals surface area contributed by atoms with Crippen LogP contribution in [0, 0.1) is 0 Å². The van der Waals surface area contributed by atoms with Crippen LogP contribution in [0.5, 0.6) is 0 Å². The molecule has 0 aromatic heterocycles. The summed E-state index contributed by atoms with van der Waals surface area (Å²) in [6, 6.07) is 0. The lowest BCUT2D eigenvalue weighted by Crippen LogP contribution is -2.66. The Morgan fingerprint density at radius 3 is 0.662 bits per heavy atom. The highest BCUT2D eigenvalue weighted by molar-refractivity contribution is 5.71. The van der Waals surface area contributed by atoms with Crippen LogP contribution in [0.2, 0.25) is 0 Å². The molecule has 31 nitrogen and oxygen atoms in total. The number of nitrogens with two attached hydrogens (primary N) is 1. The Kier molecular flexibility index (Phi) is 25.0. The van der Waals surface area contributed by atoms with Crippen molar-refractivity contribution in [3.05, 3.63) is 0 Å². The molecule has 0 unspecified atom stereocenters. The molecule has 3 aliphatic heterocycles. The molecule has 0 bridgehead atoms. The van der Waals surface area contributed by atoms with Crippen LogP contribution in [0.25, 0.3) is 0 Å². The highest BCUT2D eigenvalue weighted by Gasteiger charge is 2.57. The molecule has 0 saturated carbocycles. The van der Waals surface area contributed by atoms with Crippen molar-refractivity contribution in [3.63, 3.8) is 0 Å². The van der Waals surface area contributed by atoms with Crippen LogP contribution in [0.3, 0.4) is 0 Å². The number of hydrogen-bond donors (Lipinski definition) is 1. The lowest BCUT2D eigenvalue weighted by molar-refractivity contribution is -0.327. The molecule has 31 heteroatoms. The highest BCUT2D eigenvalue weighted by Crippen LogP contribution is 2.34. The summed E-state index contributed by atoms with van der Waals surface area (Å²) in [6.45, 7) is 7.10. The summed E-state index contributed by atoms with van der Waals surface area (Å²) < 4.78 is 102. The quantitative estimate of drug-likeness (QED) is 0.0805. The van der Waals surface area contributed by atoms with Crippen LogP contribution >= 0.6 is 0 Å². The fourth-order valence-corrected chi connectivity index (χ4v) is 7.84. The van der Waals surface area contributed by atoms with E-state index in [4.69, 9.17) is 91.0 Å². The van der Waals surface area contributed by atoms with Gasteiger partial charge >= 0.3 is 71.6 Å². The topological polar surface area (TPSA) is 397 Å². The Bertz CT molecular complexity index is 1920. The maximum absolute atomic E-state index is 12.7. The third kappa shape index (κ3) is 21.0. The third-order valence-corrected chi connectivity index (χ3v) is 10.4. The molecule has 0 aliphatic carbocycles. The van der Waals surface area contributed by atoms with Gasteiger partial charge in [0.15, 0.2) is 73.8 Å². The van der Waals surface area contributed by atoms with Gasteiger partial charge in [-0.25, -0.2) is 0 Å². The van der Waals surface area contributed by atoms with E-state index in [2.05, 4.69) is 0 Å². The van der Waals surface area contributed by atoms with Crippen LogP contribution in [-0.4, -0.2) is 209 Å². The Morgan fingerprint density at radius 2 is 0.481 bits per heavy atom. The second-order valence-corrected chi connectivity index (χ2v) is 17.5. The number of ether oxygens (including phenoxy) is 18. The predicted octanol–water partition coefficient (Wildman–Crippen LogP) is -2.02. The van der Waals surface area contributed by atoms with E-state index in [1.54, 1.807) is 0 Å². The van der Waals surface area contributed by atoms with Gasteiger partial charge in [-0.15, -0.1) is 0 Å². The summed E-state index contributed by atoms with van der Waals surface area (Å²) in [5.41, 5.74) is 4.82. The van der Waals surface area contributed by atoms with E-state index >= 15 is 0 Å². The van der Waals surface area contributed by atoms with Gasteiger partial charge in [0.25, 0.3) is 0 Å². The van der Waals surface area contributed by atoms with Crippen molar-refractivity contribution in [3.8, 4) is 0 Å². The van der Waals surface area contributed by atoms with E-state index in [0.717, 1.165) is 83.1 Å².